The van der Waals surface area contributed by atoms with Crippen molar-refractivity contribution in [2.45, 2.75) is 71.1 Å². The van der Waals surface area contributed by atoms with Crippen molar-refractivity contribution in [2.75, 3.05) is 0 Å². The molecule has 0 atom stereocenters. The van der Waals surface area contributed by atoms with Gasteiger partial charge in [-0.15, -0.1) is 0 Å². The topological polar surface area (TPSA) is 80.3 Å². The van der Waals surface area contributed by atoms with E-state index >= 15 is 0 Å². The fourth-order valence-corrected chi connectivity index (χ4v) is 1.58. The first-order chi connectivity index (χ1) is 8.18. The number of hydrogen-bond donors (Lipinski definition) is 0. The molecule has 19 heavy (non-hydrogen) atoms. The molecule has 4 nitrogen and oxygen atoms in total. The Hall–Kier alpha value is 0.940. The first kappa shape index (κ1) is 28.2. The zero-order valence-electron chi connectivity index (χ0n) is 12.8. The van der Waals surface area contributed by atoms with Crippen LogP contribution in [0.5, 0.6) is 0 Å². The van der Waals surface area contributed by atoms with Crippen molar-refractivity contribution < 1.29 is 78.9 Å². The Morgan fingerprint density at radius 3 is 1.53 bits per heavy atom. The Morgan fingerprint density at radius 1 is 0.895 bits per heavy atom. The first-order valence-corrected chi connectivity index (χ1v) is 6.44. The van der Waals surface area contributed by atoms with Crippen LogP contribution in [-0.4, -0.2) is 12.4 Å². The van der Waals surface area contributed by atoms with Gasteiger partial charge in [-0.1, -0.05) is 58.3 Å². The van der Waals surface area contributed by atoms with E-state index in [1.807, 2.05) is 0 Å². The molecule has 0 bridgehead atoms. The van der Waals surface area contributed by atoms with Crippen molar-refractivity contribution in [3.8, 4) is 0 Å². The molecule has 0 radical (unpaired) electrons. The van der Waals surface area contributed by atoms with Gasteiger partial charge in [0.15, 0.2) is 0 Å². The second kappa shape index (κ2) is 27.3. The molecule has 0 amide bonds. The van der Waals surface area contributed by atoms with Crippen molar-refractivity contribution >= 4 is 12.4 Å². The molecule has 0 aliphatic rings. The average Bonchev–Trinajstić information content (AvgIpc) is 2.27. The van der Waals surface area contributed by atoms with Crippen LogP contribution in [0.15, 0.2) is 0 Å². The summed E-state index contributed by atoms with van der Waals surface area (Å²) < 4.78 is 0. The molecular weight excluding hydrogens is 266 g/mol. The van der Waals surface area contributed by atoms with Crippen LogP contribution in [0.3, 0.4) is 0 Å². The van der Waals surface area contributed by atoms with E-state index in [4.69, 9.17) is 9.90 Å². The van der Waals surface area contributed by atoms with Crippen LogP contribution in [0.2, 0.25) is 0 Å². The van der Waals surface area contributed by atoms with E-state index < -0.39 is 12.4 Å². The summed E-state index contributed by atoms with van der Waals surface area (Å²) in [5.74, 6) is -0.909. The Kier molecular flexibility index (Phi) is 40.5. The number of carboxylic acids is 1. The molecular formula is C13H24Na2O4. The third-order valence-corrected chi connectivity index (χ3v) is 2.48. The zero-order valence-corrected chi connectivity index (χ0v) is 16.8. The second-order valence-electron chi connectivity index (χ2n) is 4.05. The standard InChI is InChI=1S/C12H24O2.CH2O2.2Na/c1-2-3-4-5-6-7-8-9-10-11-12(13)14;2-1-3;;/h2-11H2,1H3,(H,13,14);1H,(H,2,3);;/q;;2*+1/p-2. The van der Waals surface area contributed by atoms with E-state index in [2.05, 4.69) is 6.92 Å². The molecule has 0 unspecified atom stereocenters. The fourth-order valence-electron chi connectivity index (χ4n) is 1.58. The zero-order chi connectivity index (χ0) is 13.4. The molecule has 0 aliphatic heterocycles. The van der Waals surface area contributed by atoms with Crippen LogP contribution in [0.1, 0.15) is 71.1 Å². The van der Waals surface area contributed by atoms with E-state index in [9.17, 15) is 9.90 Å². The first-order valence-electron chi connectivity index (χ1n) is 6.44. The van der Waals surface area contributed by atoms with Gasteiger partial charge in [0, 0.05) is 12.4 Å². The van der Waals surface area contributed by atoms with Gasteiger partial charge in [0.05, 0.1) is 0 Å². The molecule has 0 aromatic heterocycles. The van der Waals surface area contributed by atoms with Crippen LogP contribution < -0.4 is 69.3 Å². The molecule has 0 aromatic carbocycles. The molecule has 0 rings (SSSR count). The number of carbonyl (C=O) groups excluding carboxylic acids is 2. The maximum atomic E-state index is 10.1. The maximum absolute atomic E-state index is 10.1. The molecule has 102 valence electrons. The van der Waals surface area contributed by atoms with E-state index in [1.165, 1.54) is 44.9 Å². The molecule has 0 aromatic rings. The number of rotatable bonds is 10. The van der Waals surface area contributed by atoms with Gasteiger partial charge >= 0.3 is 59.1 Å². The summed E-state index contributed by atoms with van der Waals surface area (Å²) in [4.78, 5) is 18.3. The molecule has 0 N–H and O–H groups in total. The Bertz CT molecular complexity index is 178. The van der Waals surface area contributed by atoms with Gasteiger partial charge in [0.2, 0.25) is 0 Å². The maximum Gasteiger partial charge on any atom is 1.00 e. The molecule has 0 saturated carbocycles. The van der Waals surface area contributed by atoms with Gasteiger partial charge in [0.1, 0.15) is 0 Å². The van der Waals surface area contributed by atoms with Gasteiger partial charge in [-0.05, 0) is 12.8 Å². The van der Waals surface area contributed by atoms with Gasteiger partial charge in [-0.25, -0.2) is 0 Å². The summed E-state index contributed by atoms with van der Waals surface area (Å²) in [6.07, 6.45) is 11.2. The Labute approximate surface area is 161 Å². The van der Waals surface area contributed by atoms with Crippen LogP contribution in [0.4, 0.5) is 0 Å². The molecule has 6 heteroatoms. The Balaban J connectivity index is -0.000000204. The van der Waals surface area contributed by atoms with Crippen LogP contribution in [0, 0.1) is 0 Å². The fraction of sp³-hybridized carbons (Fsp3) is 0.846. The van der Waals surface area contributed by atoms with Gasteiger partial charge in [-0.3, -0.25) is 0 Å². The van der Waals surface area contributed by atoms with Gasteiger partial charge in [0.25, 0.3) is 0 Å². The smallest absolute Gasteiger partial charge is 0.554 e. The summed E-state index contributed by atoms with van der Waals surface area (Å²) in [6.45, 7) is 1.72. The van der Waals surface area contributed by atoms with Gasteiger partial charge < -0.3 is 19.8 Å². The Morgan fingerprint density at radius 2 is 1.21 bits per heavy atom. The third-order valence-electron chi connectivity index (χ3n) is 2.48. The summed E-state index contributed by atoms with van der Waals surface area (Å²) >= 11 is 0. The molecule has 0 heterocycles. The molecule has 0 spiro atoms. The minimum Gasteiger partial charge on any atom is -0.554 e. The molecule has 0 aliphatic carbocycles. The van der Waals surface area contributed by atoms with E-state index in [-0.39, 0.29) is 65.5 Å². The minimum absolute atomic E-state index is 0. The number of carboxylic acid groups (broad SMARTS) is 2. The van der Waals surface area contributed by atoms with Crippen molar-refractivity contribution in [2.24, 2.45) is 0 Å². The molecule has 0 saturated heterocycles. The number of aliphatic carboxylic acids is 1. The summed E-state index contributed by atoms with van der Waals surface area (Å²) in [6, 6.07) is 0. The summed E-state index contributed by atoms with van der Waals surface area (Å²) in [5, 5.41) is 18.3. The van der Waals surface area contributed by atoms with Crippen molar-refractivity contribution in [1.29, 1.82) is 0 Å². The van der Waals surface area contributed by atoms with Crippen LogP contribution in [-0.2, 0) is 9.59 Å². The van der Waals surface area contributed by atoms with Crippen molar-refractivity contribution in [3.05, 3.63) is 0 Å². The van der Waals surface area contributed by atoms with Crippen molar-refractivity contribution in [3.63, 3.8) is 0 Å². The third kappa shape index (κ3) is 38.1. The van der Waals surface area contributed by atoms with Crippen LogP contribution in [0.25, 0.3) is 0 Å². The SMILES string of the molecule is CCCCCCCCCCCC(=O)[O-].O=C[O-].[Na+].[Na+]. The minimum atomic E-state index is -0.909. The average molecular weight is 290 g/mol. The predicted octanol–water partition coefficient (Wildman–Crippen LogP) is -4.97. The van der Waals surface area contributed by atoms with Crippen LogP contribution >= 0.6 is 0 Å². The molecule has 0 fully saturated rings. The van der Waals surface area contributed by atoms with E-state index in [1.54, 1.807) is 0 Å². The summed E-state index contributed by atoms with van der Waals surface area (Å²) in [5.41, 5.74) is 0. The number of carbonyl (C=O) groups is 2. The monoisotopic (exact) mass is 290 g/mol. The van der Waals surface area contributed by atoms with E-state index in [0.29, 0.717) is 0 Å². The van der Waals surface area contributed by atoms with Gasteiger partial charge in [-0.2, -0.15) is 0 Å². The quantitative estimate of drug-likeness (QED) is 0.229. The summed E-state index contributed by atoms with van der Waals surface area (Å²) in [7, 11) is 0. The normalized spacial score (nSPS) is 8.26. The van der Waals surface area contributed by atoms with E-state index in [0.717, 1.165) is 12.8 Å². The number of hydrogen-bond acceptors (Lipinski definition) is 4. The largest absolute Gasteiger partial charge is 1.00 e. The second-order valence-corrected chi connectivity index (χ2v) is 4.05. The van der Waals surface area contributed by atoms with Crippen molar-refractivity contribution in [1.82, 2.24) is 0 Å². The predicted molar refractivity (Wildman–Crippen MR) is 62.9 cm³/mol. The number of unbranched alkanes of at least 4 members (excludes halogenated alkanes) is 8.